The van der Waals surface area contributed by atoms with Gasteiger partial charge in [0.25, 0.3) is 0 Å². The minimum absolute atomic E-state index is 0.0724. The van der Waals surface area contributed by atoms with E-state index in [4.69, 9.17) is 0 Å². The van der Waals surface area contributed by atoms with Crippen LogP contribution in [0, 0.1) is 11.8 Å². The van der Waals surface area contributed by atoms with Gasteiger partial charge in [-0.3, -0.25) is 0 Å². The van der Waals surface area contributed by atoms with Crippen molar-refractivity contribution in [3.63, 3.8) is 0 Å². The Morgan fingerprint density at radius 2 is 1.75 bits per heavy atom. The molecule has 1 heterocycles. The van der Waals surface area contributed by atoms with Crippen LogP contribution in [0.15, 0.2) is 24.3 Å². The predicted octanol–water partition coefficient (Wildman–Crippen LogP) is 2.88. The fourth-order valence-electron chi connectivity index (χ4n) is 3.91. The van der Waals surface area contributed by atoms with Crippen LogP contribution < -0.4 is 0 Å². The van der Waals surface area contributed by atoms with Crippen LogP contribution in [0.3, 0.4) is 0 Å². The molecule has 3 rings (SSSR count). The topological polar surface area (TPSA) is 23.5 Å². The summed E-state index contributed by atoms with van der Waals surface area (Å²) in [6.07, 6.45) is 5.65. The van der Waals surface area contributed by atoms with E-state index in [-0.39, 0.29) is 6.10 Å². The van der Waals surface area contributed by atoms with Gasteiger partial charge in [-0.2, -0.15) is 0 Å². The summed E-state index contributed by atoms with van der Waals surface area (Å²) in [5, 5.41) is 10.2. The lowest BCUT2D eigenvalue weighted by Crippen LogP contribution is -2.39. The Morgan fingerprint density at radius 1 is 1.10 bits per heavy atom. The van der Waals surface area contributed by atoms with E-state index in [1.165, 1.54) is 24.0 Å². The number of fused-ring (bicyclic) bond motifs is 1. The standard InChI is InChI=1S/C18H27NO/c1-14-6-7-18(20)17(12-14)13-19-10-8-15-4-2-3-5-16(15)9-11-19/h2-5,14,17-18,20H,6-13H2,1H3. The molecule has 3 unspecified atom stereocenters. The number of hydrogen-bond donors (Lipinski definition) is 1. The molecule has 0 spiro atoms. The molecular weight excluding hydrogens is 246 g/mol. The monoisotopic (exact) mass is 273 g/mol. The van der Waals surface area contributed by atoms with E-state index in [9.17, 15) is 5.11 Å². The van der Waals surface area contributed by atoms with Gasteiger partial charge in [0.05, 0.1) is 6.10 Å². The summed E-state index contributed by atoms with van der Waals surface area (Å²) in [6, 6.07) is 8.86. The quantitative estimate of drug-likeness (QED) is 0.895. The first-order valence-electron chi connectivity index (χ1n) is 8.19. The summed E-state index contributed by atoms with van der Waals surface area (Å²) in [5.74, 6) is 1.27. The molecule has 1 N–H and O–H groups in total. The number of nitrogens with zero attached hydrogens (tertiary/aromatic N) is 1. The van der Waals surface area contributed by atoms with Crippen LogP contribution in [-0.2, 0) is 12.8 Å². The van der Waals surface area contributed by atoms with Gasteiger partial charge >= 0.3 is 0 Å². The van der Waals surface area contributed by atoms with Crippen molar-refractivity contribution in [3.8, 4) is 0 Å². The SMILES string of the molecule is CC1CCC(O)C(CN2CCc3ccccc3CC2)C1. The Balaban J connectivity index is 1.60. The minimum Gasteiger partial charge on any atom is -0.393 e. The molecule has 3 atom stereocenters. The van der Waals surface area contributed by atoms with E-state index in [1.54, 1.807) is 0 Å². The van der Waals surface area contributed by atoms with Gasteiger partial charge in [0.1, 0.15) is 0 Å². The molecule has 1 aromatic rings. The maximum Gasteiger partial charge on any atom is 0.0580 e. The van der Waals surface area contributed by atoms with Crippen molar-refractivity contribution in [1.82, 2.24) is 4.90 Å². The molecule has 2 heteroatoms. The molecule has 1 aliphatic heterocycles. The summed E-state index contributed by atoms with van der Waals surface area (Å²) in [5.41, 5.74) is 3.04. The van der Waals surface area contributed by atoms with Gasteiger partial charge < -0.3 is 10.0 Å². The Bertz CT molecular complexity index is 418. The van der Waals surface area contributed by atoms with Crippen LogP contribution in [0.2, 0.25) is 0 Å². The molecule has 1 aliphatic carbocycles. The summed E-state index contributed by atoms with van der Waals surface area (Å²) >= 11 is 0. The van der Waals surface area contributed by atoms with Crippen molar-refractivity contribution >= 4 is 0 Å². The van der Waals surface area contributed by atoms with Gasteiger partial charge in [-0.15, -0.1) is 0 Å². The molecular formula is C18H27NO. The van der Waals surface area contributed by atoms with E-state index >= 15 is 0 Å². The molecule has 1 aromatic carbocycles. The maximum absolute atomic E-state index is 10.2. The van der Waals surface area contributed by atoms with Gasteiger partial charge in [-0.05, 0) is 55.1 Å². The number of benzene rings is 1. The van der Waals surface area contributed by atoms with Gasteiger partial charge in [0, 0.05) is 19.6 Å². The third-order valence-electron chi connectivity index (χ3n) is 5.21. The number of hydrogen-bond acceptors (Lipinski definition) is 2. The van der Waals surface area contributed by atoms with Crippen LogP contribution in [-0.4, -0.2) is 35.7 Å². The van der Waals surface area contributed by atoms with E-state index in [2.05, 4.69) is 36.1 Å². The van der Waals surface area contributed by atoms with Crippen molar-refractivity contribution in [1.29, 1.82) is 0 Å². The fourth-order valence-corrected chi connectivity index (χ4v) is 3.91. The molecule has 0 aromatic heterocycles. The number of aliphatic hydroxyl groups is 1. The van der Waals surface area contributed by atoms with Crippen LogP contribution in [0.4, 0.5) is 0 Å². The second kappa shape index (κ2) is 6.28. The largest absolute Gasteiger partial charge is 0.393 e. The first kappa shape index (κ1) is 14.1. The fraction of sp³-hybridized carbons (Fsp3) is 0.667. The molecule has 20 heavy (non-hydrogen) atoms. The second-order valence-electron chi connectivity index (χ2n) is 6.81. The zero-order valence-electron chi connectivity index (χ0n) is 12.6. The molecule has 1 fully saturated rings. The molecule has 0 amide bonds. The lowest BCUT2D eigenvalue weighted by Gasteiger charge is -2.35. The lowest BCUT2D eigenvalue weighted by atomic mass is 9.80. The van der Waals surface area contributed by atoms with Crippen LogP contribution in [0.5, 0.6) is 0 Å². The second-order valence-corrected chi connectivity index (χ2v) is 6.81. The predicted molar refractivity (Wildman–Crippen MR) is 82.8 cm³/mol. The van der Waals surface area contributed by atoms with Crippen LogP contribution in [0.25, 0.3) is 0 Å². The average Bonchev–Trinajstić information content (AvgIpc) is 2.66. The van der Waals surface area contributed by atoms with E-state index in [0.717, 1.165) is 44.8 Å². The summed E-state index contributed by atoms with van der Waals surface area (Å²) in [7, 11) is 0. The Morgan fingerprint density at radius 3 is 2.40 bits per heavy atom. The normalized spacial score (nSPS) is 31.6. The number of aliphatic hydroxyl groups excluding tert-OH is 1. The molecule has 0 radical (unpaired) electrons. The Hall–Kier alpha value is -0.860. The smallest absolute Gasteiger partial charge is 0.0580 e. The third kappa shape index (κ3) is 3.24. The van der Waals surface area contributed by atoms with Gasteiger partial charge in [0.15, 0.2) is 0 Å². The molecule has 2 nitrogen and oxygen atoms in total. The summed E-state index contributed by atoms with van der Waals surface area (Å²) < 4.78 is 0. The highest BCUT2D eigenvalue weighted by Crippen LogP contribution is 2.30. The van der Waals surface area contributed by atoms with E-state index in [1.807, 2.05) is 0 Å². The van der Waals surface area contributed by atoms with Gasteiger partial charge in [-0.1, -0.05) is 31.2 Å². The molecule has 2 aliphatic rings. The number of rotatable bonds is 2. The molecule has 0 saturated heterocycles. The van der Waals surface area contributed by atoms with E-state index in [0.29, 0.717) is 5.92 Å². The van der Waals surface area contributed by atoms with Crippen molar-refractivity contribution in [2.24, 2.45) is 11.8 Å². The van der Waals surface area contributed by atoms with Crippen LogP contribution >= 0.6 is 0 Å². The Kier molecular flexibility index (Phi) is 4.42. The third-order valence-corrected chi connectivity index (χ3v) is 5.21. The first-order valence-corrected chi connectivity index (χ1v) is 8.19. The van der Waals surface area contributed by atoms with Crippen molar-refractivity contribution in [2.75, 3.05) is 19.6 Å². The van der Waals surface area contributed by atoms with E-state index < -0.39 is 0 Å². The van der Waals surface area contributed by atoms with Gasteiger partial charge in [0.2, 0.25) is 0 Å². The summed E-state index contributed by atoms with van der Waals surface area (Å²) in [4.78, 5) is 2.58. The zero-order valence-corrected chi connectivity index (χ0v) is 12.6. The van der Waals surface area contributed by atoms with Crippen molar-refractivity contribution < 1.29 is 5.11 Å². The molecule has 110 valence electrons. The molecule has 1 saturated carbocycles. The molecule has 0 bridgehead atoms. The highest BCUT2D eigenvalue weighted by atomic mass is 16.3. The minimum atomic E-state index is -0.0724. The maximum atomic E-state index is 10.2. The Labute approximate surface area is 122 Å². The van der Waals surface area contributed by atoms with Crippen molar-refractivity contribution in [2.45, 2.75) is 45.1 Å². The first-order chi connectivity index (χ1) is 9.72. The average molecular weight is 273 g/mol. The zero-order chi connectivity index (χ0) is 13.9. The highest BCUT2D eigenvalue weighted by Gasteiger charge is 2.29. The summed E-state index contributed by atoms with van der Waals surface area (Å²) in [6.45, 7) is 5.71. The van der Waals surface area contributed by atoms with Gasteiger partial charge in [-0.25, -0.2) is 0 Å². The van der Waals surface area contributed by atoms with Crippen LogP contribution in [0.1, 0.15) is 37.3 Å². The lowest BCUT2D eigenvalue weighted by molar-refractivity contribution is 0.0313. The highest BCUT2D eigenvalue weighted by molar-refractivity contribution is 5.28. The van der Waals surface area contributed by atoms with Crippen molar-refractivity contribution in [3.05, 3.63) is 35.4 Å².